The molecule has 22 heavy (non-hydrogen) atoms. The molecule has 1 fully saturated rings. The minimum absolute atomic E-state index is 0.137. The maximum atomic E-state index is 12.5. The molecule has 0 atom stereocenters. The van der Waals surface area contributed by atoms with Crippen LogP contribution >= 0.6 is 0 Å². The van der Waals surface area contributed by atoms with Gasteiger partial charge in [-0.2, -0.15) is 0 Å². The van der Waals surface area contributed by atoms with Crippen molar-refractivity contribution < 1.29 is 4.79 Å². The first-order chi connectivity index (χ1) is 10.8. The Hall–Kier alpha value is -2.13. The van der Waals surface area contributed by atoms with Crippen LogP contribution in [0.3, 0.4) is 0 Å². The van der Waals surface area contributed by atoms with Gasteiger partial charge in [-0.3, -0.25) is 9.69 Å². The van der Waals surface area contributed by atoms with E-state index in [0.29, 0.717) is 6.67 Å². The van der Waals surface area contributed by atoms with Crippen LogP contribution in [0.4, 0.5) is 0 Å². The number of carbonyl (C=O) groups is 1. The Morgan fingerprint density at radius 3 is 2.36 bits per heavy atom. The van der Waals surface area contributed by atoms with Crippen LogP contribution < -0.4 is 0 Å². The number of benzene rings is 2. The smallest absolute Gasteiger partial charge is 0.254 e. The van der Waals surface area contributed by atoms with E-state index in [1.165, 1.54) is 11.1 Å². The van der Waals surface area contributed by atoms with Gasteiger partial charge >= 0.3 is 0 Å². The topological polar surface area (TPSA) is 23.6 Å². The first-order valence-electron chi connectivity index (χ1n) is 7.91. The molecule has 1 aliphatic rings. The third-order valence-corrected chi connectivity index (χ3v) is 4.20. The summed E-state index contributed by atoms with van der Waals surface area (Å²) in [7, 11) is 0. The van der Waals surface area contributed by atoms with Crippen molar-refractivity contribution >= 4 is 5.91 Å². The van der Waals surface area contributed by atoms with Crippen molar-refractivity contribution in [2.75, 3.05) is 19.8 Å². The number of hydrogen-bond acceptors (Lipinski definition) is 2. The first-order valence-corrected chi connectivity index (χ1v) is 7.91. The van der Waals surface area contributed by atoms with Gasteiger partial charge in [0.05, 0.1) is 6.67 Å². The molecule has 1 amide bonds. The van der Waals surface area contributed by atoms with E-state index in [1.54, 1.807) is 0 Å². The zero-order valence-corrected chi connectivity index (χ0v) is 13.0. The number of hydrogen-bond donors (Lipinski definition) is 0. The van der Waals surface area contributed by atoms with E-state index in [-0.39, 0.29) is 5.91 Å². The van der Waals surface area contributed by atoms with Crippen molar-refractivity contribution in [1.29, 1.82) is 0 Å². The Bertz CT molecular complexity index is 622. The molecule has 3 heteroatoms. The summed E-state index contributed by atoms with van der Waals surface area (Å²) in [5, 5.41) is 0. The zero-order valence-electron chi connectivity index (χ0n) is 13.0. The number of amides is 1. The van der Waals surface area contributed by atoms with E-state index in [1.807, 2.05) is 35.2 Å². The number of nitrogens with zero attached hydrogens (tertiary/aromatic N) is 2. The van der Waals surface area contributed by atoms with Gasteiger partial charge < -0.3 is 4.90 Å². The largest absolute Gasteiger partial charge is 0.324 e. The highest BCUT2D eigenvalue weighted by Gasteiger charge is 2.24. The second-order valence-electron chi connectivity index (χ2n) is 5.80. The third kappa shape index (κ3) is 3.37. The van der Waals surface area contributed by atoms with Crippen molar-refractivity contribution in [3.05, 3.63) is 71.3 Å². The number of aryl methyl sites for hydroxylation is 1. The Kier molecular flexibility index (Phi) is 4.54. The minimum atomic E-state index is 0.137. The Labute approximate surface area is 132 Å². The molecule has 0 N–H and O–H groups in total. The van der Waals surface area contributed by atoms with E-state index in [9.17, 15) is 4.79 Å². The lowest BCUT2D eigenvalue weighted by Gasteiger charge is -2.18. The van der Waals surface area contributed by atoms with Gasteiger partial charge in [0.15, 0.2) is 0 Å². The lowest BCUT2D eigenvalue weighted by Crippen LogP contribution is -2.31. The summed E-state index contributed by atoms with van der Waals surface area (Å²) in [6.07, 6.45) is 1.00. The summed E-state index contributed by atoms with van der Waals surface area (Å²) >= 11 is 0. The Balaban J connectivity index is 1.60. The van der Waals surface area contributed by atoms with Crippen LogP contribution in [0.2, 0.25) is 0 Å². The molecule has 3 rings (SSSR count). The van der Waals surface area contributed by atoms with Crippen molar-refractivity contribution in [1.82, 2.24) is 9.80 Å². The molecule has 2 aromatic carbocycles. The highest BCUT2D eigenvalue weighted by atomic mass is 16.2. The normalized spacial score (nSPS) is 15.2. The molecule has 0 bridgehead atoms. The average molecular weight is 294 g/mol. The summed E-state index contributed by atoms with van der Waals surface area (Å²) in [5.74, 6) is 0.137. The predicted molar refractivity (Wildman–Crippen MR) is 88.6 cm³/mol. The number of carbonyl (C=O) groups excluding carboxylic acids is 1. The molecule has 0 radical (unpaired) electrons. The van der Waals surface area contributed by atoms with Gasteiger partial charge in [-0.1, -0.05) is 49.4 Å². The Morgan fingerprint density at radius 2 is 1.68 bits per heavy atom. The molecule has 0 saturated carbocycles. The average Bonchev–Trinajstić information content (AvgIpc) is 3.04. The van der Waals surface area contributed by atoms with E-state index < -0.39 is 0 Å². The zero-order chi connectivity index (χ0) is 15.4. The fraction of sp³-hybridized carbons (Fsp3) is 0.316. The van der Waals surface area contributed by atoms with E-state index in [0.717, 1.165) is 31.6 Å². The molecule has 0 unspecified atom stereocenters. The van der Waals surface area contributed by atoms with Crippen LogP contribution in [0.15, 0.2) is 54.6 Å². The van der Waals surface area contributed by atoms with Gasteiger partial charge in [0.25, 0.3) is 5.91 Å². The first kappa shape index (κ1) is 14.8. The van der Waals surface area contributed by atoms with Crippen LogP contribution in [0, 0.1) is 0 Å². The molecule has 0 aliphatic carbocycles. The van der Waals surface area contributed by atoms with Crippen molar-refractivity contribution in [3.8, 4) is 0 Å². The fourth-order valence-electron chi connectivity index (χ4n) is 2.85. The lowest BCUT2D eigenvalue weighted by molar-refractivity contribution is 0.0763. The molecule has 1 aliphatic heterocycles. The van der Waals surface area contributed by atoms with Crippen LogP contribution in [0.5, 0.6) is 0 Å². The van der Waals surface area contributed by atoms with Crippen LogP contribution in [0.1, 0.15) is 28.4 Å². The van der Waals surface area contributed by atoms with E-state index in [2.05, 4.69) is 36.1 Å². The van der Waals surface area contributed by atoms with Crippen molar-refractivity contribution in [3.63, 3.8) is 0 Å². The molecule has 0 aromatic heterocycles. The predicted octanol–water partition coefficient (Wildman–Crippen LogP) is 3.16. The van der Waals surface area contributed by atoms with Gasteiger partial charge in [-0.25, -0.2) is 0 Å². The fourth-order valence-corrected chi connectivity index (χ4v) is 2.85. The quantitative estimate of drug-likeness (QED) is 0.865. The van der Waals surface area contributed by atoms with Gasteiger partial charge in [0.1, 0.15) is 0 Å². The molecule has 1 heterocycles. The second-order valence-corrected chi connectivity index (χ2v) is 5.80. The van der Waals surface area contributed by atoms with Gasteiger partial charge in [0.2, 0.25) is 0 Å². The summed E-state index contributed by atoms with van der Waals surface area (Å²) < 4.78 is 0. The van der Waals surface area contributed by atoms with Crippen LogP contribution in [0.25, 0.3) is 0 Å². The van der Waals surface area contributed by atoms with E-state index >= 15 is 0 Å². The Morgan fingerprint density at radius 1 is 0.955 bits per heavy atom. The van der Waals surface area contributed by atoms with Crippen LogP contribution in [-0.2, 0) is 13.0 Å². The molecule has 3 nitrogen and oxygen atoms in total. The van der Waals surface area contributed by atoms with Gasteiger partial charge in [-0.05, 0) is 29.7 Å². The number of rotatable bonds is 4. The monoisotopic (exact) mass is 294 g/mol. The van der Waals surface area contributed by atoms with E-state index in [4.69, 9.17) is 0 Å². The minimum Gasteiger partial charge on any atom is -0.324 e. The molecular weight excluding hydrogens is 272 g/mol. The summed E-state index contributed by atoms with van der Waals surface area (Å²) in [4.78, 5) is 16.8. The molecular formula is C19H22N2O. The van der Waals surface area contributed by atoms with Crippen molar-refractivity contribution in [2.45, 2.75) is 19.9 Å². The lowest BCUT2D eigenvalue weighted by atomic mass is 10.1. The molecule has 114 valence electrons. The summed E-state index contributed by atoms with van der Waals surface area (Å²) in [6.45, 7) is 5.48. The highest BCUT2D eigenvalue weighted by Crippen LogP contribution is 2.14. The van der Waals surface area contributed by atoms with Crippen molar-refractivity contribution in [2.24, 2.45) is 0 Å². The maximum Gasteiger partial charge on any atom is 0.254 e. The van der Waals surface area contributed by atoms with Crippen LogP contribution in [-0.4, -0.2) is 35.5 Å². The maximum absolute atomic E-state index is 12.5. The standard InChI is InChI=1S/C19H22N2O/c1-2-16-8-10-18(11-9-16)19(22)21-13-12-20(15-21)14-17-6-4-3-5-7-17/h3-11H,2,12-15H2,1H3. The summed E-state index contributed by atoms with van der Waals surface area (Å²) in [6, 6.07) is 18.4. The molecule has 1 saturated heterocycles. The highest BCUT2D eigenvalue weighted by molar-refractivity contribution is 5.94. The summed E-state index contributed by atoms with van der Waals surface area (Å²) in [5.41, 5.74) is 3.35. The van der Waals surface area contributed by atoms with Gasteiger partial charge in [-0.15, -0.1) is 0 Å². The second kappa shape index (κ2) is 6.75. The third-order valence-electron chi connectivity index (χ3n) is 4.20. The molecule has 2 aromatic rings. The SMILES string of the molecule is CCc1ccc(C(=O)N2CCN(Cc3ccccc3)C2)cc1. The van der Waals surface area contributed by atoms with Gasteiger partial charge in [0, 0.05) is 25.2 Å². The molecule has 0 spiro atoms.